The number of fused-ring (bicyclic) bond motifs is 1. The van der Waals surface area contributed by atoms with Crippen molar-refractivity contribution in [2.45, 2.75) is 76.8 Å². The van der Waals surface area contributed by atoms with Crippen LogP contribution in [0.2, 0.25) is 5.04 Å². The molecule has 8 rings (SSSR count). The van der Waals surface area contributed by atoms with E-state index in [1.165, 1.54) is 10.4 Å². The molecular formula is C52H55NO7Si. The van der Waals surface area contributed by atoms with Gasteiger partial charge in [-0.3, -0.25) is 0 Å². The lowest BCUT2D eigenvalue weighted by atomic mass is 9.90. The lowest BCUT2D eigenvalue weighted by Gasteiger charge is -2.46. The molecule has 0 radical (unpaired) electrons. The maximum absolute atomic E-state index is 7.42. The second-order valence-electron chi connectivity index (χ2n) is 16.8. The molecule has 2 heterocycles. The van der Waals surface area contributed by atoms with Crippen LogP contribution in [0.1, 0.15) is 66.7 Å². The first kappa shape index (κ1) is 42.0. The van der Waals surface area contributed by atoms with Crippen LogP contribution in [-0.4, -0.2) is 40.6 Å². The number of hydrogen-bond donors (Lipinski definition) is 0. The van der Waals surface area contributed by atoms with Crippen molar-refractivity contribution in [1.29, 1.82) is 0 Å². The molecule has 2 unspecified atom stereocenters. The van der Waals surface area contributed by atoms with Crippen LogP contribution in [-0.2, 0) is 51.4 Å². The maximum Gasteiger partial charge on any atom is 0.261 e. The number of rotatable bonds is 16. The van der Waals surface area contributed by atoms with Crippen LogP contribution >= 0.6 is 0 Å². The Balaban J connectivity index is 1.10. The third-order valence-corrected chi connectivity index (χ3v) is 16.8. The van der Waals surface area contributed by atoms with Crippen LogP contribution in [0.15, 0.2) is 157 Å². The van der Waals surface area contributed by atoms with Gasteiger partial charge in [0.15, 0.2) is 23.4 Å². The Morgan fingerprint density at radius 2 is 1.28 bits per heavy atom. The summed E-state index contributed by atoms with van der Waals surface area (Å²) in [5, 5.41) is 6.83. The Kier molecular flexibility index (Phi) is 12.7. The molecule has 6 aromatic rings. The highest BCUT2D eigenvalue weighted by molar-refractivity contribution is 6.99. The monoisotopic (exact) mass is 833 g/mol. The van der Waals surface area contributed by atoms with Crippen molar-refractivity contribution >= 4 is 24.4 Å². The lowest BCUT2D eigenvalue weighted by Crippen LogP contribution is -2.68. The van der Waals surface area contributed by atoms with Gasteiger partial charge < -0.3 is 32.9 Å². The zero-order valence-electron chi connectivity index (χ0n) is 35.8. The van der Waals surface area contributed by atoms with Crippen molar-refractivity contribution < 1.29 is 32.9 Å². The fourth-order valence-electron chi connectivity index (χ4n) is 8.66. The van der Waals surface area contributed by atoms with Crippen LogP contribution in [0.25, 0.3) is 0 Å². The topological polar surface area (TPSA) is 77.0 Å². The Hall–Kier alpha value is -5.71. The number of oxime groups is 1. The maximum atomic E-state index is 7.42. The molecule has 0 aliphatic carbocycles. The summed E-state index contributed by atoms with van der Waals surface area (Å²) in [6, 6.07) is 51.9. The Labute approximate surface area is 361 Å². The molecule has 2 aliphatic heterocycles. The van der Waals surface area contributed by atoms with Crippen molar-refractivity contribution in [1.82, 2.24) is 0 Å². The van der Waals surface area contributed by atoms with E-state index in [1.807, 2.05) is 54.6 Å². The third-order valence-electron chi connectivity index (χ3n) is 11.8. The van der Waals surface area contributed by atoms with E-state index in [0.717, 1.165) is 44.8 Å². The molecule has 314 valence electrons. The Morgan fingerprint density at radius 1 is 0.705 bits per heavy atom. The fourth-order valence-corrected chi connectivity index (χ4v) is 13.2. The highest BCUT2D eigenvalue weighted by Crippen LogP contribution is 2.48. The molecule has 0 saturated carbocycles. The van der Waals surface area contributed by atoms with Gasteiger partial charge in [-0.15, -0.1) is 0 Å². The summed E-state index contributed by atoms with van der Waals surface area (Å²) in [5.41, 5.74) is 6.91. The zero-order valence-corrected chi connectivity index (χ0v) is 36.8. The van der Waals surface area contributed by atoms with Gasteiger partial charge in [0.25, 0.3) is 8.32 Å². The van der Waals surface area contributed by atoms with E-state index < -0.39 is 20.2 Å². The van der Waals surface area contributed by atoms with Gasteiger partial charge in [0.1, 0.15) is 19.0 Å². The molecule has 0 fully saturated rings. The first-order chi connectivity index (χ1) is 29.7. The molecule has 0 amide bonds. The fraction of sp³-hybridized carbons (Fsp3) is 0.288. The molecule has 0 saturated heterocycles. The first-order valence-corrected chi connectivity index (χ1v) is 22.9. The van der Waals surface area contributed by atoms with Gasteiger partial charge in [-0.25, -0.2) is 0 Å². The number of benzene rings is 6. The quantitative estimate of drug-likeness (QED) is 0.0900. The average molecular weight is 834 g/mol. The van der Waals surface area contributed by atoms with Crippen LogP contribution in [0.5, 0.6) is 17.2 Å². The minimum atomic E-state index is -2.91. The van der Waals surface area contributed by atoms with Crippen LogP contribution in [0.3, 0.4) is 0 Å². The average Bonchev–Trinajstić information content (AvgIpc) is 3.77. The number of methoxy groups -OCH3 is 2. The first-order valence-electron chi connectivity index (χ1n) is 21.0. The van der Waals surface area contributed by atoms with Crippen molar-refractivity contribution in [2.24, 2.45) is 5.16 Å². The summed E-state index contributed by atoms with van der Waals surface area (Å²) < 4.78 is 39.8. The summed E-state index contributed by atoms with van der Waals surface area (Å²) in [6.45, 7) is 8.12. The number of para-hydroxylation sites is 1. The summed E-state index contributed by atoms with van der Waals surface area (Å²) in [7, 11) is 0.483. The van der Waals surface area contributed by atoms with Crippen LogP contribution in [0.4, 0.5) is 0 Å². The summed E-state index contributed by atoms with van der Waals surface area (Å²) >= 11 is 0. The summed E-state index contributed by atoms with van der Waals surface area (Å²) in [5.74, 6) is 1.00. The second kappa shape index (κ2) is 18.5. The van der Waals surface area contributed by atoms with Crippen molar-refractivity contribution in [3.8, 4) is 17.2 Å². The number of hydrogen-bond acceptors (Lipinski definition) is 8. The third kappa shape index (κ3) is 9.02. The molecule has 0 spiro atoms. The predicted octanol–water partition coefficient (Wildman–Crippen LogP) is 9.91. The second-order valence-corrected chi connectivity index (χ2v) is 21.1. The van der Waals surface area contributed by atoms with Gasteiger partial charge >= 0.3 is 0 Å². The van der Waals surface area contributed by atoms with Gasteiger partial charge in [0.2, 0.25) is 0 Å². The van der Waals surface area contributed by atoms with E-state index >= 15 is 0 Å². The van der Waals surface area contributed by atoms with Gasteiger partial charge in [-0.1, -0.05) is 165 Å². The van der Waals surface area contributed by atoms with E-state index in [-0.39, 0.29) is 18.3 Å². The Morgan fingerprint density at radius 3 is 1.87 bits per heavy atom. The molecular weight excluding hydrogens is 779 g/mol. The van der Waals surface area contributed by atoms with E-state index in [9.17, 15) is 0 Å². The van der Waals surface area contributed by atoms with E-state index in [1.54, 1.807) is 14.2 Å². The van der Waals surface area contributed by atoms with Crippen molar-refractivity contribution in [3.63, 3.8) is 0 Å². The smallest absolute Gasteiger partial charge is 0.261 e. The Bertz CT molecular complexity index is 2360. The molecule has 6 aromatic carbocycles. The highest BCUT2D eigenvalue weighted by Gasteiger charge is 2.52. The van der Waals surface area contributed by atoms with Gasteiger partial charge in [0.05, 0.1) is 26.0 Å². The van der Waals surface area contributed by atoms with Gasteiger partial charge in [-0.2, -0.15) is 0 Å². The van der Waals surface area contributed by atoms with Crippen LogP contribution in [0, 0.1) is 0 Å². The lowest BCUT2D eigenvalue weighted by molar-refractivity contribution is -0.250. The minimum Gasteiger partial charge on any atom is -0.492 e. The predicted molar refractivity (Wildman–Crippen MR) is 242 cm³/mol. The zero-order chi connectivity index (χ0) is 42.3. The largest absolute Gasteiger partial charge is 0.492 e. The van der Waals surface area contributed by atoms with Crippen molar-refractivity contribution in [2.75, 3.05) is 20.8 Å². The van der Waals surface area contributed by atoms with Gasteiger partial charge in [-0.05, 0) is 49.8 Å². The molecule has 9 heteroatoms. The number of nitrogens with zero attached hydrogens (tertiary/aromatic N) is 1. The summed E-state index contributed by atoms with van der Waals surface area (Å²) in [4.78, 5) is 6.31. The van der Waals surface area contributed by atoms with E-state index in [0.29, 0.717) is 44.0 Å². The molecule has 0 bridgehead atoms. The molecule has 8 nitrogen and oxygen atoms in total. The SMILES string of the molecule is COc1c2c(cc(C3CC(Cc4ccccc4OCc4ccccc4)=NO3)c1OCc1ccccc1)CC(CO[Si](c1ccccc1)(c1ccccc1)C(C)(C)C)(OC)OC2. The normalized spacial score (nSPS) is 17.5. The molecule has 0 N–H and O–H groups in total. The van der Waals surface area contributed by atoms with Gasteiger partial charge in [0, 0.05) is 37.5 Å². The van der Waals surface area contributed by atoms with Crippen LogP contribution < -0.4 is 24.6 Å². The molecule has 2 aliphatic rings. The summed E-state index contributed by atoms with van der Waals surface area (Å²) in [6.07, 6.45) is 1.17. The van der Waals surface area contributed by atoms with E-state index in [4.69, 9.17) is 32.9 Å². The standard InChI is InChI=1S/C52H55NO7Si/c1-51(2,3)61(43-25-14-8-15-26-43,44-27-16-9-17-28-44)59-37-52(55-5)33-41-31-45(50(49(54-4)46(41)36-58-52)57-35-39-22-12-7-13-23-39)48-32-42(53-60-48)30-40-24-18-19-29-47(40)56-34-38-20-10-6-11-21-38/h6-29,31,48H,30,32-37H2,1-5H3. The molecule has 61 heavy (non-hydrogen) atoms. The molecule has 2 atom stereocenters. The minimum absolute atomic E-state index is 0.218. The number of ether oxygens (including phenoxy) is 5. The molecule has 0 aromatic heterocycles. The van der Waals surface area contributed by atoms with E-state index in [2.05, 4.69) is 123 Å². The van der Waals surface area contributed by atoms with Crippen molar-refractivity contribution in [3.05, 3.63) is 185 Å². The highest BCUT2D eigenvalue weighted by atomic mass is 28.4.